The van der Waals surface area contributed by atoms with Crippen molar-refractivity contribution < 1.29 is 14.0 Å². The molecule has 1 N–H and O–H groups in total. The summed E-state index contributed by atoms with van der Waals surface area (Å²) in [6.45, 7) is 0. The number of rotatable bonds is 2. The van der Waals surface area contributed by atoms with Gasteiger partial charge in [0.05, 0.1) is 10.6 Å². The summed E-state index contributed by atoms with van der Waals surface area (Å²) in [4.78, 5) is 4.17. The average molecular weight is 291 g/mol. The lowest BCUT2D eigenvalue weighted by Crippen LogP contribution is -1.84. The van der Waals surface area contributed by atoms with E-state index in [1.165, 1.54) is 24.3 Å². The molecule has 3 rings (SSSR count). The maximum Gasteiger partial charge on any atom is 0.259 e. The molecule has 20 heavy (non-hydrogen) atoms. The number of halogens is 2. The second-order valence-electron chi connectivity index (χ2n) is 4.07. The van der Waals surface area contributed by atoms with Crippen LogP contribution in [0.1, 0.15) is 0 Å². The molecule has 0 aliphatic carbocycles. The highest BCUT2D eigenvalue weighted by atomic mass is 35.5. The largest absolute Gasteiger partial charge is 0.508 e. The van der Waals surface area contributed by atoms with E-state index in [1.54, 1.807) is 18.2 Å². The first kappa shape index (κ1) is 12.6. The normalized spacial score (nSPS) is 10.7. The summed E-state index contributed by atoms with van der Waals surface area (Å²) < 4.78 is 18.5. The van der Waals surface area contributed by atoms with Gasteiger partial charge < -0.3 is 9.63 Å². The second-order valence-corrected chi connectivity index (χ2v) is 4.45. The van der Waals surface area contributed by atoms with Crippen molar-refractivity contribution in [2.45, 2.75) is 0 Å². The fraction of sp³-hybridized carbons (Fsp3) is 0. The average Bonchev–Trinajstić information content (AvgIpc) is 2.92. The Morgan fingerprint density at radius 2 is 1.85 bits per heavy atom. The molecular weight excluding hydrogens is 283 g/mol. The SMILES string of the molecule is Oc1ccc(-c2noc(-c3cccc(F)c3Cl)n2)cc1. The summed E-state index contributed by atoms with van der Waals surface area (Å²) in [6, 6.07) is 10.7. The third-order valence-electron chi connectivity index (χ3n) is 2.73. The topological polar surface area (TPSA) is 59.2 Å². The standard InChI is InChI=1S/C14H8ClFN2O2/c15-12-10(2-1-3-11(12)16)14-17-13(18-20-14)8-4-6-9(19)7-5-8/h1-7,19H. The van der Waals surface area contributed by atoms with Gasteiger partial charge in [-0.2, -0.15) is 4.98 Å². The van der Waals surface area contributed by atoms with Crippen LogP contribution in [0.5, 0.6) is 5.75 Å². The number of aromatic nitrogens is 2. The first-order chi connectivity index (χ1) is 9.65. The summed E-state index contributed by atoms with van der Waals surface area (Å²) in [5.74, 6) is 0.0668. The van der Waals surface area contributed by atoms with E-state index in [0.717, 1.165) is 0 Å². The Morgan fingerprint density at radius 3 is 2.60 bits per heavy atom. The molecule has 0 amide bonds. The maximum atomic E-state index is 13.4. The van der Waals surface area contributed by atoms with Gasteiger partial charge >= 0.3 is 0 Å². The zero-order valence-corrected chi connectivity index (χ0v) is 10.8. The van der Waals surface area contributed by atoms with Crippen molar-refractivity contribution in [3.63, 3.8) is 0 Å². The summed E-state index contributed by atoms with van der Waals surface area (Å²) >= 11 is 5.87. The molecule has 2 aromatic carbocycles. The molecule has 0 atom stereocenters. The molecule has 0 saturated heterocycles. The minimum atomic E-state index is -0.548. The lowest BCUT2D eigenvalue weighted by molar-refractivity contribution is 0.432. The molecule has 0 aliphatic heterocycles. The van der Waals surface area contributed by atoms with Gasteiger partial charge in [0.15, 0.2) is 0 Å². The number of benzene rings is 2. The van der Waals surface area contributed by atoms with Crippen molar-refractivity contribution in [1.29, 1.82) is 0 Å². The maximum absolute atomic E-state index is 13.4. The fourth-order valence-electron chi connectivity index (χ4n) is 1.73. The molecule has 0 bridgehead atoms. The Bertz CT molecular complexity index is 756. The molecule has 4 nitrogen and oxygen atoms in total. The molecule has 6 heteroatoms. The van der Waals surface area contributed by atoms with Crippen LogP contribution in [0.25, 0.3) is 22.8 Å². The molecule has 1 heterocycles. The molecule has 0 aliphatic rings. The van der Waals surface area contributed by atoms with E-state index in [1.807, 2.05) is 0 Å². The first-order valence-corrected chi connectivity index (χ1v) is 6.10. The Balaban J connectivity index is 2.02. The van der Waals surface area contributed by atoms with Gasteiger partial charge in [0, 0.05) is 5.56 Å². The van der Waals surface area contributed by atoms with E-state index in [2.05, 4.69) is 10.1 Å². The third kappa shape index (κ3) is 2.23. The monoisotopic (exact) mass is 290 g/mol. The van der Waals surface area contributed by atoms with Gasteiger partial charge in [0.1, 0.15) is 11.6 Å². The number of phenolic OH excluding ortho intramolecular Hbond substituents is 1. The van der Waals surface area contributed by atoms with E-state index < -0.39 is 5.82 Å². The molecule has 0 saturated carbocycles. The number of hydrogen-bond donors (Lipinski definition) is 1. The quantitative estimate of drug-likeness (QED) is 0.777. The van der Waals surface area contributed by atoms with Crippen LogP contribution in [0, 0.1) is 5.82 Å². The molecule has 3 aromatic rings. The van der Waals surface area contributed by atoms with Gasteiger partial charge in [0.25, 0.3) is 5.89 Å². The third-order valence-corrected chi connectivity index (χ3v) is 3.12. The van der Waals surface area contributed by atoms with Gasteiger partial charge in [0.2, 0.25) is 5.82 Å². The lowest BCUT2D eigenvalue weighted by atomic mass is 10.2. The van der Waals surface area contributed by atoms with Crippen LogP contribution in [-0.4, -0.2) is 15.2 Å². The lowest BCUT2D eigenvalue weighted by Gasteiger charge is -1.98. The molecule has 0 unspecified atom stereocenters. The smallest absolute Gasteiger partial charge is 0.259 e. The van der Waals surface area contributed by atoms with Crippen LogP contribution in [0.3, 0.4) is 0 Å². The molecular formula is C14H8ClFN2O2. The predicted molar refractivity (Wildman–Crippen MR) is 71.8 cm³/mol. The van der Waals surface area contributed by atoms with E-state index in [0.29, 0.717) is 17.0 Å². The molecule has 0 radical (unpaired) electrons. The van der Waals surface area contributed by atoms with Gasteiger partial charge in [-0.3, -0.25) is 0 Å². The number of nitrogens with zero attached hydrogens (tertiary/aromatic N) is 2. The van der Waals surface area contributed by atoms with Crippen LogP contribution >= 0.6 is 11.6 Å². The number of phenols is 1. The van der Waals surface area contributed by atoms with Crippen LogP contribution in [0.2, 0.25) is 5.02 Å². The summed E-state index contributed by atoms with van der Waals surface area (Å²) in [6.07, 6.45) is 0. The highest BCUT2D eigenvalue weighted by Gasteiger charge is 2.15. The van der Waals surface area contributed by atoms with E-state index in [-0.39, 0.29) is 16.7 Å². The van der Waals surface area contributed by atoms with Crippen molar-refractivity contribution in [1.82, 2.24) is 10.1 Å². The van der Waals surface area contributed by atoms with Crippen molar-refractivity contribution in [3.8, 4) is 28.6 Å². The van der Waals surface area contributed by atoms with Gasteiger partial charge in [-0.05, 0) is 36.4 Å². The molecule has 0 fully saturated rings. The van der Waals surface area contributed by atoms with Crippen LogP contribution in [0.4, 0.5) is 4.39 Å². The van der Waals surface area contributed by atoms with Crippen LogP contribution in [-0.2, 0) is 0 Å². The molecule has 100 valence electrons. The van der Waals surface area contributed by atoms with Gasteiger partial charge in [-0.25, -0.2) is 4.39 Å². The minimum Gasteiger partial charge on any atom is -0.508 e. The second kappa shape index (κ2) is 4.94. The number of aromatic hydroxyl groups is 1. The Kier molecular flexibility index (Phi) is 3.12. The molecule has 0 spiro atoms. The molecule has 1 aromatic heterocycles. The predicted octanol–water partition coefficient (Wildman–Crippen LogP) is 3.90. The fourth-order valence-corrected chi connectivity index (χ4v) is 1.94. The Morgan fingerprint density at radius 1 is 1.10 bits per heavy atom. The number of hydrogen-bond acceptors (Lipinski definition) is 4. The van der Waals surface area contributed by atoms with E-state index >= 15 is 0 Å². The summed E-state index contributed by atoms with van der Waals surface area (Å²) in [5, 5.41) is 13.0. The summed E-state index contributed by atoms with van der Waals surface area (Å²) in [5.41, 5.74) is 1.01. The first-order valence-electron chi connectivity index (χ1n) is 5.72. The van der Waals surface area contributed by atoms with Crippen LogP contribution < -0.4 is 0 Å². The van der Waals surface area contributed by atoms with Crippen LogP contribution in [0.15, 0.2) is 47.0 Å². The van der Waals surface area contributed by atoms with Crippen molar-refractivity contribution in [3.05, 3.63) is 53.3 Å². The zero-order valence-electron chi connectivity index (χ0n) is 10.0. The van der Waals surface area contributed by atoms with Crippen molar-refractivity contribution in [2.75, 3.05) is 0 Å². The van der Waals surface area contributed by atoms with E-state index in [9.17, 15) is 9.50 Å². The van der Waals surface area contributed by atoms with Crippen molar-refractivity contribution >= 4 is 11.6 Å². The van der Waals surface area contributed by atoms with Gasteiger partial charge in [-0.15, -0.1) is 0 Å². The van der Waals surface area contributed by atoms with Crippen molar-refractivity contribution in [2.24, 2.45) is 0 Å². The van der Waals surface area contributed by atoms with Gasteiger partial charge in [-0.1, -0.05) is 22.8 Å². The zero-order chi connectivity index (χ0) is 14.1. The van der Waals surface area contributed by atoms with E-state index in [4.69, 9.17) is 16.1 Å². The highest BCUT2D eigenvalue weighted by molar-refractivity contribution is 6.33. The Hall–Kier alpha value is -2.40. The minimum absolute atomic E-state index is 0.0617. The highest BCUT2D eigenvalue weighted by Crippen LogP contribution is 2.30. The summed E-state index contributed by atoms with van der Waals surface area (Å²) in [7, 11) is 0. The Labute approximate surface area is 118 Å².